The van der Waals surface area contributed by atoms with Crippen LogP contribution in [0.2, 0.25) is 5.02 Å². The van der Waals surface area contributed by atoms with Gasteiger partial charge >= 0.3 is 4.87 Å². The predicted octanol–water partition coefficient (Wildman–Crippen LogP) is 5.03. The van der Waals surface area contributed by atoms with Gasteiger partial charge in [-0.2, -0.15) is 0 Å². The third-order valence-corrected chi connectivity index (χ3v) is 5.78. The summed E-state index contributed by atoms with van der Waals surface area (Å²) >= 11 is 8.50. The number of aromatic nitrogens is 1. The molecule has 0 radical (unpaired) electrons. The predicted molar refractivity (Wildman–Crippen MR) is 107 cm³/mol. The SMILES string of the molecule is CC(C)n1c(=O)sc2cc(NC(=O)CSc3ccc(Cl)cc3)ccc21. The summed E-state index contributed by atoms with van der Waals surface area (Å²) in [5.74, 6) is 0.220. The Morgan fingerprint density at radius 2 is 1.96 bits per heavy atom. The maximum atomic E-state index is 12.1. The Bertz CT molecular complexity index is 961. The zero-order valence-electron chi connectivity index (χ0n) is 13.8. The van der Waals surface area contributed by atoms with Gasteiger partial charge in [0.15, 0.2) is 0 Å². The summed E-state index contributed by atoms with van der Waals surface area (Å²) in [5, 5.41) is 3.56. The average molecular weight is 393 g/mol. The van der Waals surface area contributed by atoms with Crippen LogP contribution in [0, 0.1) is 0 Å². The minimum Gasteiger partial charge on any atom is -0.325 e. The van der Waals surface area contributed by atoms with Crippen molar-refractivity contribution in [1.82, 2.24) is 4.57 Å². The highest BCUT2D eigenvalue weighted by molar-refractivity contribution is 8.00. The molecule has 3 aromatic rings. The fourth-order valence-corrected chi connectivity index (χ4v) is 4.36. The number of amides is 1. The molecule has 0 saturated heterocycles. The number of anilines is 1. The van der Waals surface area contributed by atoms with Crippen molar-refractivity contribution < 1.29 is 4.79 Å². The lowest BCUT2D eigenvalue weighted by atomic mass is 10.2. The molecule has 0 saturated carbocycles. The number of carbonyl (C=O) groups excluding carboxylic acids is 1. The van der Waals surface area contributed by atoms with Crippen LogP contribution in [0.3, 0.4) is 0 Å². The molecule has 25 heavy (non-hydrogen) atoms. The lowest BCUT2D eigenvalue weighted by molar-refractivity contribution is -0.113. The Hall–Kier alpha value is -1.76. The number of nitrogens with one attached hydrogen (secondary N) is 1. The van der Waals surface area contributed by atoms with Crippen molar-refractivity contribution in [3.8, 4) is 0 Å². The Morgan fingerprint density at radius 1 is 1.24 bits per heavy atom. The lowest BCUT2D eigenvalue weighted by Gasteiger charge is -2.08. The molecular formula is C18H17ClN2O2S2. The number of thioether (sulfide) groups is 1. The van der Waals surface area contributed by atoms with Gasteiger partial charge in [-0.1, -0.05) is 22.9 Å². The number of thiazole rings is 1. The van der Waals surface area contributed by atoms with Gasteiger partial charge in [0.1, 0.15) is 0 Å². The van der Waals surface area contributed by atoms with Crippen molar-refractivity contribution >= 4 is 56.5 Å². The highest BCUT2D eigenvalue weighted by atomic mass is 35.5. The molecule has 0 aliphatic carbocycles. The minimum atomic E-state index is -0.0880. The quantitative estimate of drug-likeness (QED) is 0.619. The first kappa shape index (κ1) is 18.0. The van der Waals surface area contributed by atoms with Crippen LogP contribution >= 0.6 is 34.7 Å². The van der Waals surface area contributed by atoms with Crippen LogP contribution in [-0.2, 0) is 4.79 Å². The summed E-state index contributed by atoms with van der Waals surface area (Å²) in [5.41, 5.74) is 1.60. The van der Waals surface area contributed by atoms with Crippen LogP contribution in [0.4, 0.5) is 5.69 Å². The van der Waals surface area contributed by atoms with Gasteiger partial charge in [0.25, 0.3) is 0 Å². The molecule has 0 aliphatic rings. The molecule has 1 amide bonds. The molecule has 0 fully saturated rings. The van der Waals surface area contributed by atoms with E-state index in [1.165, 1.54) is 23.1 Å². The second kappa shape index (κ2) is 7.64. The van der Waals surface area contributed by atoms with E-state index in [9.17, 15) is 9.59 Å². The Kier molecular flexibility index (Phi) is 5.51. The molecule has 0 aliphatic heterocycles. The normalized spacial score (nSPS) is 11.2. The van der Waals surface area contributed by atoms with E-state index >= 15 is 0 Å². The largest absolute Gasteiger partial charge is 0.325 e. The van der Waals surface area contributed by atoms with E-state index in [1.54, 1.807) is 16.7 Å². The van der Waals surface area contributed by atoms with Crippen LogP contribution in [0.25, 0.3) is 10.2 Å². The number of halogens is 1. The lowest BCUT2D eigenvalue weighted by Crippen LogP contribution is -2.15. The van der Waals surface area contributed by atoms with Crippen LogP contribution < -0.4 is 10.2 Å². The van der Waals surface area contributed by atoms with E-state index in [1.807, 2.05) is 44.2 Å². The second-order valence-corrected chi connectivity index (χ2v) is 8.28. The van der Waals surface area contributed by atoms with Gasteiger partial charge < -0.3 is 5.32 Å². The molecule has 0 bridgehead atoms. The van der Waals surface area contributed by atoms with Gasteiger partial charge in [0.05, 0.1) is 16.0 Å². The molecule has 1 N–H and O–H groups in total. The number of fused-ring (bicyclic) bond motifs is 1. The summed E-state index contributed by atoms with van der Waals surface area (Å²) in [4.78, 5) is 25.2. The van der Waals surface area contributed by atoms with E-state index in [0.29, 0.717) is 16.5 Å². The van der Waals surface area contributed by atoms with Crippen LogP contribution in [0.15, 0.2) is 52.2 Å². The van der Waals surface area contributed by atoms with Gasteiger partial charge in [-0.25, -0.2) is 0 Å². The molecule has 1 heterocycles. The summed E-state index contributed by atoms with van der Waals surface area (Å²) in [6.07, 6.45) is 0. The van der Waals surface area contributed by atoms with Crippen molar-refractivity contribution in [2.75, 3.05) is 11.1 Å². The molecule has 0 spiro atoms. The van der Waals surface area contributed by atoms with Crippen molar-refractivity contribution in [3.05, 3.63) is 57.2 Å². The Labute approximate surface area is 158 Å². The molecule has 3 rings (SSSR count). The zero-order valence-corrected chi connectivity index (χ0v) is 16.2. The molecule has 0 atom stereocenters. The summed E-state index contributed by atoms with van der Waals surface area (Å²) in [6, 6.07) is 13.1. The third kappa shape index (κ3) is 4.26. The van der Waals surface area contributed by atoms with E-state index in [-0.39, 0.29) is 16.8 Å². The van der Waals surface area contributed by atoms with Gasteiger partial charge in [0.2, 0.25) is 5.91 Å². The van der Waals surface area contributed by atoms with Gasteiger partial charge in [-0.3, -0.25) is 14.2 Å². The van der Waals surface area contributed by atoms with E-state index in [0.717, 1.165) is 15.1 Å². The van der Waals surface area contributed by atoms with Crippen LogP contribution in [-0.4, -0.2) is 16.2 Å². The van der Waals surface area contributed by atoms with Crippen LogP contribution in [0.5, 0.6) is 0 Å². The Morgan fingerprint density at radius 3 is 2.64 bits per heavy atom. The fourth-order valence-electron chi connectivity index (χ4n) is 2.48. The van der Waals surface area contributed by atoms with Crippen molar-refractivity contribution in [1.29, 1.82) is 0 Å². The molecular weight excluding hydrogens is 376 g/mol. The van der Waals surface area contributed by atoms with Gasteiger partial charge in [-0.05, 0) is 56.3 Å². The first-order valence-electron chi connectivity index (χ1n) is 7.77. The number of hydrogen-bond acceptors (Lipinski definition) is 4. The monoisotopic (exact) mass is 392 g/mol. The zero-order chi connectivity index (χ0) is 18.0. The van der Waals surface area contributed by atoms with Crippen molar-refractivity contribution in [2.24, 2.45) is 0 Å². The molecule has 130 valence electrons. The number of rotatable bonds is 5. The maximum absolute atomic E-state index is 12.1. The van der Waals surface area contributed by atoms with Crippen LogP contribution in [0.1, 0.15) is 19.9 Å². The summed E-state index contributed by atoms with van der Waals surface area (Å²) in [7, 11) is 0. The van der Waals surface area contributed by atoms with Crippen molar-refractivity contribution in [2.45, 2.75) is 24.8 Å². The number of hydrogen-bond donors (Lipinski definition) is 1. The standard InChI is InChI=1S/C18H17ClN2O2S2/c1-11(2)21-15-8-5-13(9-16(15)25-18(21)23)20-17(22)10-24-14-6-3-12(19)4-7-14/h3-9,11H,10H2,1-2H3,(H,20,22). The fraction of sp³-hybridized carbons (Fsp3) is 0.222. The smallest absolute Gasteiger partial charge is 0.308 e. The van der Waals surface area contributed by atoms with Gasteiger partial charge in [-0.15, -0.1) is 11.8 Å². The Balaban J connectivity index is 1.69. The molecule has 4 nitrogen and oxygen atoms in total. The first-order valence-corrected chi connectivity index (χ1v) is 9.95. The maximum Gasteiger partial charge on any atom is 0.308 e. The second-order valence-electron chi connectivity index (χ2n) is 5.80. The van der Waals surface area contributed by atoms with Gasteiger partial charge in [0, 0.05) is 21.6 Å². The molecule has 7 heteroatoms. The summed E-state index contributed by atoms with van der Waals surface area (Å²) < 4.78 is 2.64. The topological polar surface area (TPSA) is 51.1 Å². The average Bonchev–Trinajstić information content (AvgIpc) is 2.89. The number of benzene rings is 2. The number of carbonyl (C=O) groups is 1. The van der Waals surface area contributed by atoms with E-state index < -0.39 is 0 Å². The van der Waals surface area contributed by atoms with E-state index in [2.05, 4.69) is 5.32 Å². The minimum absolute atomic E-state index is 0.0202. The first-order chi connectivity index (χ1) is 11.9. The molecule has 1 aromatic heterocycles. The highest BCUT2D eigenvalue weighted by Gasteiger charge is 2.11. The highest BCUT2D eigenvalue weighted by Crippen LogP contribution is 2.25. The number of nitrogens with zero attached hydrogens (tertiary/aromatic N) is 1. The van der Waals surface area contributed by atoms with E-state index in [4.69, 9.17) is 11.6 Å². The summed E-state index contributed by atoms with van der Waals surface area (Å²) in [6.45, 7) is 3.97. The molecule has 0 unspecified atom stereocenters. The van der Waals surface area contributed by atoms with Crippen molar-refractivity contribution in [3.63, 3.8) is 0 Å². The third-order valence-electron chi connectivity index (χ3n) is 3.60. The molecule has 2 aromatic carbocycles.